The van der Waals surface area contributed by atoms with Crippen LogP contribution in [0, 0.1) is 0 Å². The third-order valence-corrected chi connectivity index (χ3v) is 4.80. The quantitative estimate of drug-likeness (QED) is 0.572. The van der Waals surface area contributed by atoms with Crippen LogP contribution in [0.2, 0.25) is 25.7 Å². The molecular formula is C15H23NO5Si. The Morgan fingerprint density at radius 1 is 1.18 bits per heavy atom. The van der Waals surface area contributed by atoms with Crippen molar-refractivity contribution in [1.82, 2.24) is 5.32 Å². The summed E-state index contributed by atoms with van der Waals surface area (Å²) in [4.78, 5) is 34.8. The number of carbonyl (C=O) groups is 3. The van der Waals surface area contributed by atoms with Crippen molar-refractivity contribution >= 4 is 25.7 Å². The van der Waals surface area contributed by atoms with E-state index in [9.17, 15) is 14.4 Å². The number of nitrogens with one attached hydrogen (secondary N) is 1. The Morgan fingerprint density at radius 2 is 1.86 bits per heavy atom. The molecule has 6 nitrogen and oxygen atoms in total. The smallest absolute Gasteiger partial charge is 0.407 e. The second-order valence-corrected chi connectivity index (χ2v) is 11.9. The summed E-state index contributed by atoms with van der Waals surface area (Å²) in [5, 5.41) is 2.57. The summed E-state index contributed by atoms with van der Waals surface area (Å²) in [6, 6.07) is 0.906. The van der Waals surface area contributed by atoms with Crippen molar-refractivity contribution in [2.75, 3.05) is 20.3 Å². The van der Waals surface area contributed by atoms with Gasteiger partial charge in [0, 0.05) is 26.3 Å². The number of carbonyl (C=O) groups excluding carboxylic acids is 3. The van der Waals surface area contributed by atoms with Gasteiger partial charge in [-0.1, -0.05) is 19.6 Å². The Kier molecular flexibility index (Phi) is 6.54. The van der Waals surface area contributed by atoms with Gasteiger partial charge in [-0.2, -0.15) is 0 Å². The molecule has 0 heterocycles. The molecule has 0 aromatic rings. The van der Waals surface area contributed by atoms with Gasteiger partial charge < -0.3 is 14.8 Å². The van der Waals surface area contributed by atoms with E-state index in [0.717, 1.165) is 6.04 Å². The first-order chi connectivity index (χ1) is 10.2. The molecule has 0 bridgehead atoms. The molecule has 0 saturated carbocycles. The van der Waals surface area contributed by atoms with Crippen molar-refractivity contribution in [2.45, 2.75) is 32.1 Å². The summed E-state index contributed by atoms with van der Waals surface area (Å²) in [5.74, 6) is -0.576. The minimum absolute atomic E-state index is 0.0347. The van der Waals surface area contributed by atoms with E-state index in [4.69, 9.17) is 9.47 Å². The van der Waals surface area contributed by atoms with Crippen LogP contribution in [0.5, 0.6) is 0 Å². The van der Waals surface area contributed by atoms with Gasteiger partial charge in [0.05, 0.1) is 13.7 Å². The lowest BCUT2D eigenvalue weighted by Gasteiger charge is -2.15. The number of amides is 1. The highest BCUT2D eigenvalue weighted by Gasteiger charge is 2.20. The van der Waals surface area contributed by atoms with Crippen LogP contribution in [0.4, 0.5) is 4.79 Å². The molecule has 7 heteroatoms. The number of methoxy groups -OCH3 is 1. The first kappa shape index (κ1) is 18.2. The van der Waals surface area contributed by atoms with Crippen LogP contribution >= 0.6 is 0 Å². The predicted octanol–water partition coefficient (Wildman–Crippen LogP) is 2.05. The first-order valence-electron chi connectivity index (χ1n) is 7.18. The molecule has 1 amide bonds. The fraction of sp³-hybridized carbons (Fsp3) is 0.533. The van der Waals surface area contributed by atoms with Gasteiger partial charge >= 0.3 is 6.09 Å². The van der Waals surface area contributed by atoms with Crippen molar-refractivity contribution in [3.05, 3.63) is 23.5 Å². The van der Waals surface area contributed by atoms with Gasteiger partial charge in [-0.15, -0.1) is 0 Å². The molecule has 122 valence electrons. The lowest BCUT2D eigenvalue weighted by atomic mass is 9.99. The predicted molar refractivity (Wildman–Crippen MR) is 85.3 cm³/mol. The maximum absolute atomic E-state index is 11.8. The number of hydrogen-bond acceptors (Lipinski definition) is 5. The Hall–Kier alpha value is -1.89. The Labute approximate surface area is 131 Å². The summed E-state index contributed by atoms with van der Waals surface area (Å²) < 4.78 is 9.87. The molecule has 1 aliphatic carbocycles. The molecule has 22 heavy (non-hydrogen) atoms. The lowest BCUT2D eigenvalue weighted by Crippen LogP contribution is -2.29. The highest BCUT2D eigenvalue weighted by molar-refractivity contribution is 6.76. The Morgan fingerprint density at radius 3 is 2.45 bits per heavy atom. The zero-order valence-electron chi connectivity index (χ0n) is 13.5. The molecule has 0 unspecified atom stereocenters. The normalized spacial score (nSPS) is 15.1. The third-order valence-electron chi connectivity index (χ3n) is 3.10. The van der Waals surface area contributed by atoms with Gasteiger partial charge in [0.15, 0.2) is 11.5 Å². The third kappa shape index (κ3) is 6.25. The minimum atomic E-state index is -1.22. The average Bonchev–Trinajstić information content (AvgIpc) is 2.40. The standard InChI is InChI=1S/C15H23NO5Si/c1-20-14-10-12(17)11(9-13(14)18)5-6-16-15(19)21-7-8-22(2,3)4/h9-10H,5-8H2,1-4H3,(H,16,19). The second-order valence-electron chi connectivity index (χ2n) is 6.23. The van der Waals surface area contributed by atoms with Crippen molar-refractivity contribution < 1.29 is 23.9 Å². The van der Waals surface area contributed by atoms with E-state index in [-0.39, 0.29) is 30.3 Å². The molecule has 0 aromatic carbocycles. The SMILES string of the molecule is COC1=CC(=O)C(CCNC(=O)OCC[Si](C)(C)C)=CC1=O. The number of ketones is 2. The number of allylic oxidation sites excluding steroid dienone is 2. The van der Waals surface area contributed by atoms with Gasteiger partial charge in [-0.25, -0.2) is 4.79 Å². The Bertz CT molecular complexity index is 517. The Balaban J connectivity index is 2.32. The molecule has 0 radical (unpaired) electrons. The number of ether oxygens (including phenoxy) is 2. The summed E-state index contributed by atoms with van der Waals surface area (Å²) in [6.45, 7) is 7.26. The summed E-state index contributed by atoms with van der Waals surface area (Å²) in [7, 11) is 0.117. The van der Waals surface area contributed by atoms with Crippen LogP contribution in [0.1, 0.15) is 6.42 Å². The van der Waals surface area contributed by atoms with Gasteiger partial charge in [-0.05, 0) is 18.5 Å². The average molecular weight is 325 g/mol. The van der Waals surface area contributed by atoms with Crippen molar-refractivity contribution in [3.8, 4) is 0 Å². The van der Waals surface area contributed by atoms with Crippen molar-refractivity contribution in [2.24, 2.45) is 0 Å². The molecule has 0 spiro atoms. The van der Waals surface area contributed by atoms with Crippen LogP contribution in [0.25, 0.3) is 0 Å². The van der Waals surface area contributed by atoms with Gasteiger partial charge in [0.25, 0.3) is 0 Å². The van der Waals surface area contributed by atoms with Crippen molar-refractivity contribution in [1.29, 1.82) is 0 Å². The van der Waals surface area contributed by atoms with E-state index in [1.54, 1.807) is 0 Å². The molecule has 1 aliphatic rings. The van der Waals surface area contributed by atoms with Crippen LogP contribution in [-0.4, -0.2) is 46.0 Å². The van der Waals surface area contributed by atoms with Gasteiger partial charge in [0.2, 0.25) is 5.78 Å². The van der Waals surface area contributed by atoms with Gasteiger partial charge in [0.1, 0.15) is 0 Å². The molecule has 1 rings (SSSR count). The highest BCUT2D eigenvalue weighted by atomic mass is 28.3. The van der Waals surface area contributed by atoms with E-state index in [1.165, 1.54) is 19.3 Å². The first-order valence-corrected chi connectivity index (χ1v) is 10.9. The lowest BCUT2D eigenvalue weighted by molar-refractivity contribution is -0.117. The number of rotatable bonds is 7. The van der Waals surface area contributed by atoms with Crippen molar-refractivity contribution in [3.63, 3.8) is 0 Å². The molecule has 0 aliphatic heterocycles. The highest BCUT2D eigenvalue weighted by Crippen LogP contribution is 2.14. The fourth-order valence-corrected chi connectivity index (χ4v) is 2.45. The topological polar surface area (TPSA) is 81.7 Å². The van der Waals surface area contributed by atoms with E-state index >= 15 is 0 Å². The molecule has 0 atom stereocenters. The van der Waals surface area contributed by atoms with Crippen LogP contribution in [-0.2, 0) is 19.1 Å². The maximum atomic E-state index is 11.8. The zero-order valence-corrected chi connectivity index (χ0v) is 14.5. The summed E-state index contributed by atoms with van der Waals surface area (Å²) in [6.07, 6.45) is 2.20. The summed E-state index contributed by atoms with van der Waals surface area (Å²) in [5.41, 5.74) is 0.355. The molecule has 0 fully saturated rings. The van der Waals surface area contributed by atoms with E-state index in [2.05, 4.69) is 25.0 Å². The zero-order chi connectivity index (χ0) is 16.8. The second kappa shape index (κ2) is 7.93. The molecule has 0 saturated heterocycles. The van der Waals surface area contributed by atoms with E-state index in [1.807, 2.05) is 0 Å². The number of alkyl carbamates (subject to hydrolysis) is 1. The number of hydrogen-bond donors (Lipinski definition) is 1. The van der Waals surface area contributed by atoms with E-state index in [0.29, 0.717) is 12.2 Å². The monoisotopic (exact) mass is 325 g/mol. The molecular weight excluding hydrogens is 302 g/mol. The van der Waals surface area contributed by atoms with Crippen LogP contribution < -0.4 is 5.32 Å². The molecule has 0 aromatic heterocycles. The molecule has 1 N–H and O–H groups in total. The maximum Gasteiger partial charge on any atom is 0.407 e. The van der Waals surface area contributed by atoms with E-state index < -0.39 is 14.2 Å². The van der Waals surface area contributed by atoms with Crippen LogP contribution in [0.15, 0.2) is 23.5 Å². The summed E-state index contributed by atoms with van der Waals surface area (Å²) >= 11 is 0. The van der Waals surface area contributed by atoms with Crippen LogP contribution in [0.3, 0.4) is 0 Å². The largest absolute Gasteiger partial charge is 0.493 e. The minimum Gasteiger partial charge on any atom is -0.493 e. The van der Waals surface area contributed by atoms with Gasteiger partial charge in [-0.3, -0.25) is 9.59 Å². The fourth-order valence-electron chi connectivity index (χ4n) is 1.74.